The number of hydrogen-bond donors (Lipinski definition) is 1. The topological polar surface area (TPSA) is 71.3 Å². The number of hydrogen-bond acceptors (Lipinski definition) is 4. The minimum absolute atomic E-state index is 0.0748. The summed E-state index contributed by atoms with van der Waals surface area (Å²) in [4.78, 5) is 12.5. The molecule has 5 nitrogen and oxygen atoms in total. The highest BCUT2D eigenvalue weighted by molar-refractivity contribution is 6.37. The molecule has 0 radical (unpaired) electrons. The zero-order valence-electron chi connectivity index (χ0n) is 17.7. The Balaban J connectivity index is 2.08. The van der Waals surface area contributed by atoms with Gasteiger partial charge in [-0.15, -0.1) is 0 Å². The molecular formula is C24H26Cl2N2O3. The molecule has 0 aliphatic carbocycles. The van der Waals surface area contributed by atoms with Crippen LogP contribution in [0.15, 0.2) is 42.0 Å². The summed E-state index contributed by atoms with van der Waals surface area (Å²) in [6.07, 6.45) is 5.75. The first-order valence-electron chi connectivity index (χ1n) is 10.3. The first kappa shape index (κ1) is 24.6. The second-order valence-corrected chi connectivity index (χ2v) is 7.62. The Morgan fingerprint density at radius 1 is 1.06 bits per heavy atom. The van der Waals surface area contributed by atoms with E-state index in [1.54, 1.807) is 36.4 Å². The molecule has 2 aromatic rings. The average molecular weight is 461 g/mol. The van der Waals surface area contributed by atoms with Gasteiger partial charge in [0.05, 0.1) is 23.3 Å². The van der Waals surface area contributed by atoms with E-state index in [9.17, 15) is 10.1 Å². The number of unbranched alkanes of at least 4 members (excludes halogenated alkanes) is 3. The van der Waals surface area contributed by atoms with E-state index in [2.05, 4.69) is 12.2 Å². The van der Waals surface area contributed by atoms with E-state index < -0.39 is 5.91 Å². The van der Waals surface area contributed by atoms with Crippen molar-refractivity contribution in [1.29, 1.82) is 5.26 Å². The summed E-state index contributed by atoms with van der Waals surface area (Å²) in [7, 11) is 0. The van der Waals surface area contributed by atoms with Gasteiger partial charge in [0.15, 0.2) is 5.75 Å². The highest BCUT2D eigenvalue weighted by Gasteiger charge is 2.13. The van der Waals surface area contributed by atoms with Gasteiger partial charge >= 0.3 is 0 Å². The number of benzene rings is 2. The van der Waals surface area contributed by atoms with Gasteiger partial charge in [0.1, 0.15) is 17.4 Å². The number of carbonyl (C=O) groups excluding carboxylic acids is 1. The van der Waals surface area contributed by atoms with E-state index >= 15 is 0 Å². The van der Waals surface area contributed by atoms with Crippen molar-refractivity contribution in [3.63, 3.8) is 0 Å². The largest absolute Gasteiger partial charge is 0.494 e. The van der Waals surface area contributed by atoms with Crippen LogP contribution < -0.4 is 14.8 Å². The van der Waals surface area contributed by atoms with Crippen molar-refractivity contribution >= 4 is 40.9 Å². The summed E-state index contributed by atoms with van der Waals surface area (Å²) >= 11 is 12.6. The fourth-order valence-corrected chi connectivity index (χ4v) is 3.43. The second-order valence-electron chi connectivity index (χ2n) is 6.80. The molecule has 7 heteroatoms. The van der Waals surface area contributed by atoms with Crippen LogP contribution >= 0.6 is 23.2 Å². The van der Waals surface area contributed by atoms with Crippen LogP contribution in [0.25, 0.3) is 6.08 Å². The Morgan fingerprint density at radius 3 is 2.32 bits per heavy atom. The van der Waals surface area contributed by atoms with Gasteiger partial charge in [-0.25, -0.2) is 0 Å². The van der Waals surface area contributed by atoms with Crippen LogP contribution in [0.2, 0.25) is 10.0 Å². The van der Waals surface area contributed by atoms with Crippen LogP contribution in [0, 0.1) is 11.3 Å². The highest BCUT2D eigenvalue weighted by Crippen LogP contribution is 2.35. The lowest BCUT2D eigenvalue weighted by molar-refractivity contribution is -0.112. The molecule has 2 rings (SSSR count). The summed E-state index contributed by atoms with van der Waals surface area (Å²) in [5.41, 5.74) is 1.01. The number of nitrogens with zero attached hydrogens (tertiary/aromatic N) is 1. The number of nitriles is 1. The van der Waals surface area contributed by atoms with Crippen molar-refractivity contribution in [1.82, 2.24) is 0 Å². The SMILES string of the molecule is CCCCCCOc1c(Cl)cc(/C=C(\C#N)C(=O)Nc2ccc(OCC)cc2)cc1Cl. The van der Waals surface area contributed by atoms with Gasteiger partial charge in [0.2, 0.25) is 0 Å². The molecule has 0 aliphatic heterocycles. The zero-order chi connectivity index (χ0) is 22.6. The minimum atomic E-state index is -0.532. The molecule has 0 saturated carbocycles. The van der Waals surface area contributed by atoms with Gasteiger partial charge in [0, 0.05) is 5.69 Å². The van der Waals surface area contributed by atoms with Crippen LogP contribution in [0.3, 0.4) is 0 Å². The molecular weight excluding hydrogens is 435 g/mol. The number of ether oxygens (including phenoxy) is 2. The van der Waals surface area contributed by atoms with Crippen molar-refractivity contribution in [2.75, 3.05) is 18.5 Å². The van der Waals surface area contributed by atoms with Gasteiger partial charge in [-0.2, -0.15) is 5.26 Å². The minimum Gasteiger partial charge on any atom is -0.494 e. The molecule has 0 unspecified atom stereocenters. The molecule has 0 atom stereocenters. The first-order chi connectivity index (χ1) is 15.0. The predicted octanol–water partition coefficient (Wildman–Crippen LogP) is 6.90. The van der Waals surface area contributed by atoms with E-state index in [0.29, 0.717) is 46.0 Å². The third kappa shape index (κ3) is 7.82. The molecule has 164 valence electrons. The van der Waals surface area contributed by atoms with Crippen LogP contribution in [0.4, 0.5) is 5.69 Å². The first-order valence-corrected chi connectivity index (χ1v) is 11.0. The molecule has 2 aromatic carbocycles. The van der Waals surface area contributed by atoms with Crippen molar-refractivity contribution < 1.29 is 14.3 Å². The van der Waals surface area contributed by atoms with Crippen LogP contribution in [-0.4, -0.2) is 19.1 Å². The summed E-state index contributed by atoms with van der Waals surface area (Å²) in [5, 5.41) is 12.8. The number of carbonyl (C=O) groups is 1. The van der Waals surface area contributed by atoms with Gasteiger partial charge < -0.3 is 14.8 Å². The molecule has 1 amide bonds. The molecule has 0 fully saturated rings. The Labute approximate surface area is 193 Å². The summed E-state index contributed by atoms with van der Waals surface area (Å²) < 4.78 is 11.1. The highest BCUT2D eigenvalue weighted by atomic mass is 35.5. The van der Waals surface area contributed by atoms with E-state index in [-0.39, 0.29) is 5.57 Å². The fraction of sp³-hybridized carbons (Fsp3) is 0.333. The smallest absolute Gasteiger partial charge is 0.266 e. The zero-order valence-corrected chi connectivity index (χ0v) is 19.2. The number of rotatable bonds is 11. The molecule has 0 saturated heterocycles. The maximum atomic E-state index is 12.5. The maximum Gasteiger partial charge on any atom is 0.266 e. The third-order valence-corrected chi connectivity index (χ3v) is 4.93. The van der Waals surface area contributed by atoms with Crippen LogP contribution in [0.1, 0.15) is 45.1 Å². The number of nitrogens with one attached hydrogen (secondary N) is 1. The monoisotopic (exact) mass is 460 g/mol. The summed E-state index contributed by atoms with van der Waals surface area (Å²) in [5.74, 6) is 0.581. The van der Waals surface area contributed by atoms with E-state index in [1.165, 1.54) is 6.08 Å². The van der Waals surface area contributed by atoms with Crippen molar-refractivity contribution in [3.8, 4) is 17.6 Å². The van der Waals surface area contributed by atoms with Crippen molar-refractivity contribution in [3.05, 3.63) is 57.6 Å². The lowest BCUT2D eigenvalue weighted by Crippen LogP contribution is -2.13. The number of amides is 1. The summed E-state index contributed by atoms with van der Waals surface area (Å²) in [6.45, 7) is 5.13. The summed E-state index contributed by atoms with van der Waals surface area (Å²) in [6, 6.07) is 12.1. The molecule has 1 N–H and O–H groups in total. The maximum absolute atomic E-state index is 12.5. The molecule has 0 aromatic heterocycles. The molecule has 0 heterocycles. The average Bonchev–Trinajstić information content (AvgIpc) is 2.75. The predicted molar refractivity (Wildman–Crippen MR) is 126 cm³/mol. The Morgan fingerprint density at radius 2 is 1.74 bits per heavy atom. The quantitative estimate of drug-likeness (QED) is 0.225. The number of halogens is 2. The van der Waals surface area contributed by atoms with Gasteiger partial charge in [-0.3, -0.25) is 4.79 Å². The standard InChI is InChI=1S/C24H26Cl2N2O3/c1-3-5-6-7-12-31-23-21(25)14-17(15-22(23)26)13-18(16-27)24(29)28-19-8-10-20(11-9-19)30-4-2/h8-11,13-15H,3-7,12H2,1-2H3,(H,28,29)/b18-13+. The third-order valence-electron chi connectivity index (χ3n) is 4.36. The number of anilines is 1. The van der Waals surface area contributed by atoms with Crippen molar-refractivity contribution in [2.24, 2.45) is 0 Å². The van der Waals surface area contributed by atoms with E-state index in [4.69, 9.17) is 32.7 Å². The molecule has 0 bridgehead atoms. The molecule has 0 aliphatic rings. The lowest BCUT2D eigenvalue weighted by atomic mass is 10.1. The Bertz CT molecular complexity index is 927. The fourth-order valence-electron chi connectivity index (χ4n) is 2.82. The van der Waals surface area contributed by atoms with Crippen molar-refractivity contribution in [2.45, 2.75) is 39.5 Å². The second kappa shape index (κ2) is 12.9. The normalized spacial score (nSPS) is 11.0. The lowest BCUT2D eigenvalue weighted by Gasteiger charge is -2.11. The molecule has 31 heavy (non-hydrogen) atoms. The van der Waals surface area contributed by atoms with E-state index in [1.807, 2.05) is 13.0 Å². The molecule has 0 spiro atoms. The van der Waals surface area contributed by atoms with Crippen LogP contribution in [-0.2, 0) is 4.79 Å². The van der Waals surface area contributed by atoms with Gasteiger partial charge in [-0.05, 0) is 61.4 Å². The van der Waals surface area contributed by atoms with Gasteiger partial charge in [-0.1, -0.05) is 49.4 Å². The van der Waals surface area contributed by atoms with Gasteiger partial charge in [0.25, 0.3) is 5.91 Å². The Hall–Kier alpha value is -2.68. The van der Waals surface area contributed by atoms with E-state index in [0.717, 1.165) is 25.7 Å². The Kier molecular flexibility index (Phi) is 10.2. The van der Waals surface area contributed by atoms with Crippen LogP contribution in [0.5, 0.6) is 11.5 Å².